The van der Waals surface area contributed by atoms with E-state index >= 15 is 0 Å². The highest BCUT2D eigenvalue weighted by molar-refractivity contribution is 6.74. The quantitative estimate of drug-likeness (QED) is 0.238. The molecule has 0 heterocycles. The molecule has 0 aromatic heterocycles. The van der Waals surface area contributed by atoms with E-state index in [2.05, 4.69) is 46.0 Å². The van der Waals surface area contributed by atoms with E-state index in [4.69, 9.17) is 13.9 Å². The molecule has 1 aliphatic carbocycles. The fraction of sp³-hybridized carbons (Fsp3) is 0.640. The predicted molar refractivity (Wildman–Crippen MR) is 125 cm³/mol. The number of hydrogen-bond acceptors (Lipinski definition) is 4. The van der Waals surface area contributed by atoms with E-state index in [1.54, 1.807) is 13.2 Å². The van der Waals surface area contributed by atoms with E-state index in [1.165, 1.54) is 19.3 Å². The number of ether oxygens (including phenoxy) is 2. The number of benzene rings is 1. The second-order valence-electron chi connectivity index (χ2n) is 9.93. The maximum atomic E-state index is 10.8. The standard InChI is InChI=1S/C25H40O4Si/c1-25(2,3)30(5,6)29-24(12-7-8-17-26)23-11-9-10-21(23)19-28-18-20-13-15-22(27-4)16-14-20/h7-8,13-17,21,23-24H,9-12,18-19H2,1-6H3/b8-7+/t21-,23+,24-/m0/s1. The molecule has 2 rings (SSSR count). The summed E-state index contributed by atoms with van der Waals surface area (Å²) in [6.07, 6.45) is 8.95. The van der Waals surface area contributed by atoms with Crippen LogP contribution in [-0.4, -0.2) is 34.4 Å². The van der Waals surface area contributed by atoms with E-state index in [1.807, 2.05) is 18.2 Å². The van der Waals surface area contributed by atoms with Crippen molar-refractivity contribution in [2.24, 2.45) is 11.8 Å². The van der Waals surface area contributed by atoms with Gasteiger partial charge in [-0.1, -0.05) is 45.4 Å². The van der Waals surface area contributed by atoms with Crippen molar-refractivity contribution >= 4 is 14.6 Å². The van der Waals surface area contributed by atoms with Gasteiger partial charge in [0, 0.05) is 0 Å². The highest BCUT2D eigenvalue weighted by Crippen LogP contribution is 2.42. The highest BCUT2D eigenvalue weighted by atomic mass is 28.4. The summed E-state index contributed by atoms with van der Waals surface area (Å²) in [5, 5.41) is 0.165. The van der Waals surface area contributed by atoms with Gasteiger partial charge in [-0.15, -0.1) is 0 Å². The Hall–Kier alpha value is -1.43. The van der Waals surface area contributed by atoms with Gasteiger partial charge in [0.2, 0.25) is 0 Å². The van der Waals surface area contributed by atoms with Gasteiger partial charge in [-0.05, 0) is 73.0 Å². The average Bonchev–Trinajstić information content (AvgIpc) is 3.15. The third-order valence-corrected chi connectivity index (χ3v) is 11.3. The molecule has 4 nitrogen and oxygen atoms in total. The molecule has 0 N–H and O–H groups in total. The molecular weight excluding hydrogens is 392 g/mol. The normalized spacial score (nSPS) is 21.1. The van der Waals surface area contributed by atoms with E-state index in [9.17, 15) is 4.79 Å². The van der Waals surface area contributed by atoms with Crippen LogP contribution in [0, 0.1) is 11.8 Å². The van der Waals surface area contributed by atoms with Crippen LogP contribution in [0.15, 0.2) is 36.4 Å². The summed E-state index contributed by atoms with van der Waals surface area (Å²) in [5.41, 5.74) is 1.16. The van der Waals surface area contributed by atoms with Crippen molar-refractivity contribution in [3.63, 3.8) is 0 Å². The van der Waals surface area contributed by atoms with Crippen LogP contribution in [0.25, 0.3) is 0 Å². The van der Waals surface area contributed by atoms with E-state index in [-0.39, 0.29) is 11.1 Å². The van der Waals surface area contributed by atoms with Gasteiger partial charge in [0.15, 0.2) is 8.32 Å². The van der Waals surface area contributed by atoms with Gasteiger partial charge < -0.3 is 13.9 Å². The van der Waals surface area contributed by atoms with E-state index < -0.39 is 8.32 Å². The summed E-state index contributed by atoms with van der Waals surface area (Å²) in [7, 11) is -0.214. The Morgan fingerprint density at radius 3 is 2.47 bits per heavy atom. The number of allylic oxidation sites excluding steroid dienone is 1. The van der Waals surface area contributed by atoms with Gasteiger partial charge in [-0.25, -0.2) is 0 Å². The second kappa shape index (κ2) is 11.3. The maximum absolute atomic E-state index is 10.8. The van der Waals surface area contributed by atoms with E-state index in [0.717, 1.165) is 30.6 Å². The Balaban J connectivity index is 2.01. The molecule has 0 amide bonds. The molecule has 5 heteroatoms. The number of methoxy groups -OCH3 is 1. The molecule has 168 valence electrons. The monoisotopic (exact) mass is 432 g/mol. The van der Waals surface area contributed by atoms with Crippen LogP contribution in [0.4, 0.5) is 0 Å². The number of rotatable bonds is 11. The molecular formula is C25H40O4Si. The number of aldehydes is 1. The zero-order valence-corrected chi connectivity index (χ0v) is 20.6. The number of carbonyl (C=O) groups excluding carboxylic acids is 1. The largest absolute Gasteiger partial charge is 0.497 e. The molecule has 0 unspecified atom stereocenters. The summed E-state index contributed by atoms with van der Waals surface area (Å²) >= 11 is 0. The zero-order chi connectivity index (χ0) is 22.2. The first-order chi connectivity index (χ1) is 14.2. The lowest BCUT2D eigenvalue weighted by atomic mass is 9.89. The van der Waals surface area contributed by atoms with E-state index in [0.29, 0.717) is 18.4 Å². The molecule has 1 aromatic rings. The summed E-state index contributed by atoms with van der Waals surface area (Å²) in [6, 6.07) is 8.05. The van der Waals surface area contributed by atoms with Crippen molar-refractivity contribution in [1.29, 1.82) is 0 Å². The summed E-state index contributed by atoms with van der Waals surface area (Å²) in [5.74, 6) is 1.84. The van der Waals surface area contributed by atoms with Crippen LogP contribution in [0.1, 0.15) is 52.0 Å². The van der Waals surface area contributed by atoms with Crippen molar-refractivity contribution < 1.29 is 18.7 Å². The van der Waals surface area contributed by atoms with Gasteiger partial charge in [-0.2, -0.15) is 0 Å². The summed E-state index contributed by atoms with van der Waals surface area (Å²) < 4.78 is 18.2. The molecule has 0 aliphatic heterocycles. The minimum absolute atomic E-state index is 0.152. The topological polar surface area (TPSA) is 44.8 Å². The molecule has 0 radical (unpaired) electrons. The Morgan fingerprint density at radius 1 is 1.17 bits per heavy atom. The maximum Gasteiger partial charge on any atom is 0.192 e. The van der Waals surface area contributed by atoms with Crippen molar-refractivity contribution in [1.82, 2.24) is 0 Å². The molecule has 1 aromatic carbocycles. The smallest absolute Gasteiger partial charge is 0.192 e. The van der Waals surface area contributed by atoms with Crippen LogP contribution >= 0.6 is 0 Å². The summed E-state index contributed by atoms with van der Waals surface area (Å²) in [4.78, 5) is 10.8. The first-order valence-corrected chi connectivity index (χ1v) is 14.1. The number of hydrogen-bond donors (Lipinski definition) is 0. The molecule has 0 bridgehead atoms. The minimum Gasteiger partial charge on any atom is -0.497 e. The molecule has 3 atom stereocenters. The third-order valence-electron chi connectivity index (χ3n) is 6.79. The van der Waals surface area contributed by atoms with Crippen LogP contribution in [0.5, 0.6) is 5.75 Å². The Kier molecular flexibility index (Phi) is 9.32. The molecule has 1 aliphatic rings. The number of carbonyl (C=O) groups is 1. The van der Waals surface area contributed by atoms with Crippen LogP contribution in [0.3, 0.4) is 0 Å². The minimum atomic E-state index is -1.89. The zero-order valence-electron chi connectivity index (χ0n) is 19.6. The molecule has 0 spiro atoms. The fourth-order valence-corrected chi connectivity index (χ4v) is 5.33. The Bertz CT molecular complexity index is 675. The van der Waals surface area contributed by atoms with Gasteiger partial charge in [0.25, 0.3) is 0 Å². The predicted octanol–water partition coefficient (Wildman–Crippen LogP) is 6.16. The lowest BCUT2D eigenvalue weighted by molar-refractivity contribution is -0.104. The highest BCUT2D eigenvalue weighted by Gasteiger charge is 2.42. The lowest BCUT2D eigenvalue weighted by Crippen LogP contribution is -2.46. The Labute approximate surface area is 184 Å². The third kappa shape index (κ3) is 7.07. The fourth-order valence-electron chi connectivity index (χ4n) is 3.95. The summed E-state index contributed by atoms with van der Waals surface area (Å²) in [6.45, 7) is 12.8. The Morgan fingerprint density at radius 2 is 1.87 bits per heavy atom. The van der Waals surface area contributed by atoms with Gasteiger partial charge >= 0.3 is 0 Å². The lowest BCUT2D eigenvalue weighted by Gasteiger charge is -2.41. The molecule has 1 saturated carbocycles. The molecule has 0 saturated heterocycles. The average molecular weight is 433 g/mol. The first kappa shape index (κ1) is 24.8. The van der Waals surface area contributed by atoms with Crippen molar-refractivity contribution in [3.8, 4) is 5.75 Å². The van der Waals surface area contributed by atoms with Crippen LogP contribution < -0.4 is 4.74 Å². The molecule has 1 fully saturated rings. The van der Waals surface area contributed by atoms with Crippen molar-refractivity contribution in [2.45, 2.75) is 77.3 Å². The SMILES string of the molecule is COc1ccc(COC[C@@H]2CCC[C@H]2[C@H](C/C=C/C=O)O[Si](C)(C)C(C)(C)C)cc1. The first-order valence-electron chi connectivity index (χ1n) is 11.2. The van der Waals surface area contributed by atoms with Gasteiger partial charge in [-0.3, -0.25) is 4.79 Å². The van der Waals surface area contributed by atoms with Gasteiger partial charge in [0.1, 0.15) is 12.0 Å². The second-order valence-corrected chi connectivity index (χ2v) is 14.7. The van der Waals surface area contributed by atoms with Gasteiger partial charge in [0.05, 0.1) is 26.4 Å². The molecule has 30 heavy (non-hydrogen) atoms. The van der Waals surface area contributed by atoms with Crippen molar-refractivity contribution in [3.05, 3.63) is 42.0 Å². The van der Waals surface area contributed by atoms with Crippen LogP contribution in [-0.2, 0) is 20.6 Å². The van der Waals surface area contributed by atoms with Crippen molar-refractivity contribution in [2.75, 3.05) is 13.7 Å². The van der Waals surface area contributed by atoms with Crippen LogP contribution in [0.2, 0.25) is 18.1 Å².